The van der Waals surface area contributed by atoms with Gasteiger partial charge in [0.25, 0.3) is 5.56 Å². The zero-order chi connectivity index (χ0) is 17.1. The van der Waals surface area contributed by atoms with Crippen molar-refractivity contribution >= 4 is 11.6 Å². The fraction of sp³-hybridized carbons (Fsp3) is 0.471. The number of fused-ring (bicyclic) bond motifs is 1. The predicted molar refractivity (Wildman–Crippen MR) is 91.9 cm³/mol. The zero-order valence-corrected chi connectivity index (χ0v) is 14.2. The molecule has 0 aliphatic carbocycles. The molecule has 3 rings (SSSR count). The highest BCUT2D eigenvalue weighted by Gasteiger charge is 2.20. The smallest absolute Gasteiger partial charge is 0.258 e. The molecular formula is C17H23N5O2. The zero-order valence-electron chi connectivity index (χ0n) is 14.2. The minimum atomic E-state index is -0.0502. The molecule has 7 nitrogen and oxygen atoms in total. The van der Waals surface area contributed by atoms with Crippen LogP contribution in [0.5, 0.6) is 0 Å². The van der Waals surface area contributed by atoms with E-state index in [4.69, 9.17) is 0 Å². The fourth-order valence-corrected chi connectivity index (χ4v) is 2.85. The third-order valence-corrected chi connectivity index (χ3v) is 4.33. The van der Waals surface area contributed by atoms with Gasteiger partial charge in [0.1, 0.15) is 5.65 Å². The van der Waals surface area contributed by atoms with Gasteiger partial charge in [0.2, 0.25) is 5.91 Å². The maximum absolute atomic E-state index is 12.1. The van der Waals surface area contributed by atoms with Gasteiger partial charge in [-0.2, -0.15) is 0 Å². The Labute approximate surface area is 141 Å². The van der Waals surface area contributed by atoms with Crippen LogP contribution >= 0.6 is 0 Å². The van der Waals surface area contributed by atoms with Gasteiger partial charge in [0.15, 0.2) is 0 Å². The maximum atomic E-state index is 12.1. The molecule has 0 saturated carbocycles. The summed E-state index contributed by atoms with van der Waals surface area (Å²) >= 11 is 0. The average molecular weight is 329 g/mol. The number of pyridine rings is 1. The number of nitrogens with zero attached hydrogens (tertiary/aromatic N) is 5. The number of carbonyl (C=O) groups is 1. The van der Waals surface area contributed by atoms with Crippen molar-refractivity contribution in [2.75, 3.05) is 46.8 Å². The molecule has 7 heteroatoms. The van der Waals surface area contributed by atoms with E-state index >= 15 is 0 Å². The van der Waals surface area contributed by atoms with Gasteiger partial charge in [-0.25, -0.2) is 4.98 Å². The number of hydrogen-bond acceptors (Lipinski definition) is 5. The number of likely N-dealkylation sites (N-methyl/N-ethyl adjacent to an activating group) is 1. The van der Waals surface area contributed by atoms with Crippen LogP contribution in [0.4, 0.5) is 0 Å². The second-order valence-corrected chi connectivity index (χ2v) is 6.36. The highest BCUT2D eigenvalue weighted by molar-refractivity contribution is 5.77. The largest absolute Gasteiger partial charge is 0.348 e. The first-order valence-electron chi connectivity index (χ1n) is 8.15. The Hall–Kier alpha value is -2.25. The van der Waals surface area contributed by atoms with Crippen molar-refractivity contribution in [3.8, 4) is 0 Å². The molecule has 1 fully saturated rings. The summed E-state index contributed by atoms with van der Waals surface area (Å²) in [6.45, 7) is 4.58. The Morgan fingerprint density at radius 1 is 1.17 bits per heavy atom. The van der Waals surface area contributed by atoms with Crippen LogP contribution in [0.3, 0.4) is 0 Å². The first-order valence-corrected chi connectivity index (χ1v) is 8.15. The molecule has 0 aromatic carbocycles. The second-order valence-electron chi connectivity index (χ2n) is 6.36. The van der Waals surface area contributed by atoms with E-state index in [1.807, 2.05) is 18.2 Å². The molecular weight excluding hydrogens is 306 g/mol. The summed E-state index contributed by atoms with van der Waals surface area (Å²) < 4.78 is 1.55. The molecule has 2 aromatic heterocycles. The van der Waals surface area contributed by atoms with E-state index in [1.54, 1.807) is 35.7 Å². The Balaban J connectivity index is 1.60. The molecule has 1 saturated heterocycles. The summed E-state index contributed by atoms with van der Waals surface area (Å²) in [5, 5.41) is 0. The molecule has 0 spiro atoms. The van der Waals surface area contributed by atoms with Crippen molar-refractivity contribution in [1.29, 1.82) is 0 Å². The van der Waals surface area contributed by atoms with Crippen molar-refractivity contribution in [2.45, 2.75) is 6.54 Å². The van der Waals surface area contributed by atoms with Crippen LogP contribution in [-0.2, 0) is 11.3 Å². The predicted octanol–water partition coefficient (Wildman–Crippen LogP) is -0.0997. The standard InChI is InChI=1S/C17H23N5O2/c1-19(2)17(24)13-21-9-7-20(8-10-21)12-14-11-16(23)22-6-4-3-5-15(22)18-14/h3-6,11H,7-10,12-13H2,1-2H3. The number of amides is 1. The Morgan fingerprint density at radius 3 is 2.58 bits per heavy atom. The summed E-state index contributed by atoms with van der Waals surface area (Å²) in [7, 11) is 3.56. The van der Waals surface area contributed by atoms with Gasteiger partial charge < -0.3 is 4.90 Å². The molecule has 2 aromatic rings. The third-order valence-electron chi connectivity index (χ3n) is 4.33. The van der Waals surface area contributed by atoms with E-state index in [1.165, 1.54) is 0 Å². The summed E-state index contributed by atoms with van der Waals surface area (Å²) in [6, 6.07) is 7.15. The first-order chi connectivity index (χ1) is 11.5. The van der Waals surface area contributed by atoms with E-state index in [-0.39, 0.29) is 11.5 Å². The van der Waals surface area contributed by atoms with Gasteiger partial charge in [0, 0.05) is 59.1 Å². The van der Waals surface area contributed by atoms with Gasteiger partial charge in [-0.15, -0.1) is 0 Å². The molecule has 1 amide bonds. The van der Waals surface area contributed by atoms with Crippen LogP contribution in [0.1, 0.15) is 5.69 Å². The van der Waals surface area contributed by atoms with Crippen molar-refractivity contribution in [3.05, 3.63) is 46.5 Å². The molecule has 1 aliphatic rings. The topological polar surface area (TPSA) is 61.2 Å². The monoisotopic (exact) mass is 329 g/mol. The lowest BCUT2D eigenvalue weighted by Crippen LogP contribution is -2.49. The average Bonchev–Trinajstić information content (AvgIpc) is 2.56. The second kappa shape index (κ2) is 7.11. The summed E-state index contributed by atoms with van der Waals surface area (Å²) in [5.74, 6) is 0.132. The summed E-state index contributed by atoms with van der Waals surface area (Å²) in [6.07, 6.45) is 1.73. The highest BCUT2D eigenvalue weighted by Crippen LogP contribution is 2.07. The number of aromatic nitrogens is 2. The molecule has 0 atom stereocenters. The Kier molecular flexibility index (Phi) is 4.92. The molecule has 3 heterocycles. The lowest BCUT2D eigenvalue weighted by Gasteiger charge is -2.34. The van der Waals surface area contributed by atoms with Gasteiger partial charge >= 0.3 is 0 Å². The van der Waals surface area contributed by atoms with Gasteiger partial charge in [-0.1, -0.05) is 6.07 Å². The van der Waals surface area contributed by atoms with E-state index in [0.29, 0.717) is 18.7 Å². The number of hydrogen-bond donors (Lipinski definition) is 0. The van der Waals surface area contributed by atoms with Crippen LogP contribution in [0.2, 0.25) is 0 Å². The van der Waals surface area contributed by atoms with E-state index in [2.05, 4.69) is 14.8 Å². The van der Waals surface area contributed by atoms with Crippen molar-refractivity contribution in [3.63, 3.8) is 0 Å². The number of carbonyl (C=O) groups excluding carboxylic acids is 1. The van der Waals surface area contributed by atoms with Crippen LogP contribution in [0.15, 0.2) is 35.3 Å². The first kappa shape index (κ1) is 16.6. The van der Waals surface area contributed by atoms with E-state index in [9.17, 15) is 9.59 Å². The van der Waals surface area contributed by atoms with Crippen molar-refractivity contribution < 1.29 is 4.79 Å². The molecule has 0 radical (unpaired) electrons. The fourth-order valence-electron chi connectivity index (χ4n) is 2.85. The van der Waals surface area contributed by atoms with Crippen molar-refractivity contribution in [2.24, 2.45) is 0 Å². The number of piperazine rings is 1. The highest BCUT2D eigenvalue weighted by atomic mass is 16.2. The van der Waals surface area contributed by atoms with Crippen LogP contribution in [0.25, 0.3) is 5.65 Å². The Bertz CT molecular complexity index is 778. The van der Waals surface area contributed by atoms with Crippen LogP contribution in [-0.4, -0.2) is 76.8 Å². The van der Waals surface area contributed by atoms with Gasteiger partial charge in [0.05, 0.1) is 12.2 Å². The molecule has 0 N–H and O–H groups in total. The summed E-state index contributed by atoms with van der Waals surface area (Å²) in [5.41, 5.74) is 1.42. The normalized spacial score (nSPS) is 16.4. The quantitative estimate of drug-likeness (QED) is 0.784. The molecule has 1 aliphatic heterocycles. The Morgan fingerprint density at radius 2 is 1.88 bits per heavy atom. The molecule has 0 bridgehead atoms. The van der Waals surface area contributed by atoms with Crippen LogP contribution < -0.4 is 5.56 Å². The maximum Gasteiger partial charge on any atom is 0.258 e. The summed E-state index contributed by atoms with van der Waals surface area (Å²) in [4.78, 5) is 34.5. The SMILES string of the molecule is CN(C)C(=O)CN1CCN(Cc2cc(=O)n3ccccc3n2)CC1. The van der Waals surface area contributed by atoms with E-state index < -0.39 is 0 Å². The minimum Gasteiger partial charge on any atom is -0.348 e. The van der Waals surface area contributed by atoms with Gasteiger partial charge in [-0.05, 0) is 12.1 Å². The molecule has 24 heavy (non-hydrogen) atoms. The lowest BCUT2D eigenvalue weighted by molar-refractivity contribution is -0.130. The van der Waals surface area contributed by atoms with Crippen molar-refractivity contribution in [1.82, 2.24) is 24.1 Å². The third kappa shape index (κ3) is 3.80. The van der Waals surface area contributed by atoms with E-state index in [0.717, 1.165) is 31.9 Å². The minimum absolute atomic E-state index is 0.0502. The van der Waals surface area contributed by atoms with Gasteiger partial charge in [-0.3, -0.25) is 23.8 Å². The lowest BCUT2D eigenvalue weighted by atomic mass is 10.2. The molecule has 0 unspecified atom stereocenters. The van der Waals surface area contributed by atoms with Crippen LogP contribution in [0, 0.1) is 0 Å². The molecule has 128 valence electrons. The number of rotatable bonds is 4.